The van der Waals surface area contributed by atoms with Gasteiger partial charge in [0.15, 0.2) is 11.4 Å². The molecule has 2 amide bonds. The van der Waals surface area contributed by atoms with Crippen LogP contribution >= 0.6 is 0 Å². The fraction of sp³-hybridized carbons (Fsp3) is 0.500. The smallest absolute Gasteiger partial charge is 0.252 e. The van der Waals surface area contributed by atoms with E-state index < -0.39 is 5.54 Å². The summed E-state index contributed by atoms with van der Waals surface area (Å²) in [4.78, 5) is 32.8. The number of carbonyl (C=O) groups is 2. The van der Waals surface area contributed by atoms with Gasteiger partial charge in [-0.25, -0.2) is 4.39 Å². The molecule has 5 rings (SSSR count). The molecule has 0 N–H and O–H groups in total. The molecular formula is C24H28FN5O2. The van der Waals surface area contributed by atoms with Crippen molar-refractivity contribution < 1.29 is 14.0 Å². The number of benzene rings is 1. The summed E-state index contributed by atoms with van der Waals surface area (Å²) in [5, 5.41) is 8.11. The monoisotopic (exact) mass is 437 g/mol. The largest absolute Gasteiger partial charge is 0.349 e. The third-order valence-corrected chi connectivity index (χ3v) is 7.25. The Morgan fingerprint density at radius 1 is 1.06 bits per heavy atom. The van der Waals surface area contributed by atoms with Crippen LogP contribution in [0.2, 0.25) is 0 Å². The molecule has 0 unspecified atom stereocenters. The highest BCUT2D eigenvalue weighted by molar-refractivity contribution is 6.00. The Bertz CT molecular complexity index is 985. The van der Waals surface area contributed by atoms with Crippen LogP contribution in [0.4, 0.5) is 10.2 Å². The van der Waals surface area contributed by atoms with E-state index >= 15 is 0 Å². The van der Waals surface area contributed by atoms with Gasteiger partial charge < -0.3 is 14.7 Å². The average molecular weight is 438 g/mol. The average Bonchev–Trinajstić information content (AvgIpc) is 2.78. The van der Waals surface area contributed by atoms with Crippen molar-refractivity contribution in [3.63, 3.8) is 0 Å². The Labute approximate surface area is 187 Å². The highest BCUT2D eigenvalue weighted by atomic mass is 19.1. The fourth-order valence-electron chi connectivity index (χ4n) is 5.30. The molecule has 1 spiro atoms. The van der Waals surface area contributed by atoms with E-state index in [2.05, 4.69) is 17.1 Å². The van der Waals surface area contributed by atoms with Crippen LogP contribution in [0.25, 0.3) is 0 Å². The first-order valence-electron chi connectivity index (χ1n) is 11.3. The van der Waals surface area contributed by atoms with Crippen molar-refractivity contribution in [3.8, 4) is 0 Å². The highest BCUT2D eigenvalue weighted by Crippen LogP contribution is 2.39. The Hall–Kier alpha value is -3.03. The molecule has 1 saturated carbocycles. The number of nitrogens with zero attached hydrogens (tertiary/aromatic N) is 5. The zero-order valence-electron chi connectivity index (χ0n) is 18.3. The van der Waals surface area contributed by atoms with Crippen molar-refractivity contribution in [2.24, 2.45) is 5.92 Å². The van der Waals surface area contributed by atoms with Crippen LogP contribution in [0.5, 0.6) is 0 Å². The predicted molar refractivity (Wildman–Crippen MR) is 117 cm³/mol. The zero-order chi connectivity index (χ0) is 22.3. The third kappa shape index (κ3) is 3.61. The van der Waals surface area contributed by atoms with Gasteiger partial charge in [-0.05, 0) is 61.4 Å². The van der Waals surface area contributed by atoms with Crippen LogP contribution in [-0.4, -0.2) is 63.0 Å². The number of rotatable bonds is 4. The first-order chi connectivity index (χ1) is 15.5. The van der Waals surface area contributed by atoms with E-state index in [-0.39, 0.29) is 36.8 Å². The van der Waals surface area contributed by atoms with Crippen molar-refractivity contribution >= 4 is 17.6 Å². The number of halogens is 1. The van der Waals surface area contributed by atoms with Gasteiger partial charge in [0.05, 0.1) is 13.1 Å². The van der Waals surface area contributed by atoms with Gasteiger partial charge in [0.25, 0.3) is 5.91 Å². The minimum atomic E-state index is -0.926. The zero-order valence-corrected chi connectivity index (χ0v) is 18.3. The lowest BCUT2D eigenvalue weighted by molar-refractivity contribution is -0.171. The Kier molecular flexibility index (Phi) is 5.31. The Morgan fingerprint density at radius 3 is 2.44 bits per heavy atom. The molecule has 7 nitrogen and oxygen atoms in total. The van der Waals surface area contributed by atoms with Crippen LogP contribution < -0.4 is 4.90 Å². The molecule has 0 bridgehead atoms. The van der Waals surface area contributed by atoms with E-state index in [0.29, 0.717) is 24.8 Å². The predicted octanol–water partition coefficient (Wildman–Crippen LogP) is 2.62. The van der Waals surface area contributed by atoms with E-state index in [1.54, 1.807) is 23.2 Å². The topological polar surface area (TPSA) is 69.6 Å². The number of piperazine rings is 1. The number of hydrogen-bond acceptors (Lipinski definition) is 5. The molecule has 3 heterocycles. The van der Waals surface area contributed by atoms with E-state index in [9.17, 15) is 14.0 Å². The molecule has 2 aliphatic heterocycles. The maximum atomic E-state index is 13.9. The number of aromatic nitrogens is 2. The maximum Gasteiger partial charge on any atom is 0.252 e. The molecule has 3 fully saturated rings. The summed E-state index contributed by atoms with van der Waals surface area (Å²) in [5.41, 5.74) is -0.116. The molecular weight excluding hydrogens is 409 g/mol. The van der Waals surface area contributed by atoms with Crippen molar-refractivity contribution in [2.45, 2.75) is 50.7 Å². The van der Waals surface area contributed by atoms with Crippen molar-refractivity contribution in [3.05, 3.63) is 54.0 Å². The quantitative estimate of drug-likeness (QED) is 0.736. The Morgan fingerprint density at radius 2 is 1.78 bits per heavy atom. The van der Waals surface area contributed by atoms with Gasteiger partial charge in [0, 0.05) is 18.8 Å². The van der Waals surface area contributed by atoms with Crippen molar-refractivity contribution in [1.29, 1.82) is 0 Å². The van der Waals surface area contributed by atoms with Crippen molar-refractivity contribution in [1.82, 2.24) is 20.0 Å². The molecule has 32 heavy (non-hydrogen) atoms. The SMILES string of the molecule is C[C@H]1CC[C@H](N2CC(=O)N(Cc3ccc(F)cc3)C3(CN(c4cccnn4)C3)C2=O)CC1. The summed E-state index contributed by atoms with van der Waals surface area (Å²) < 4.78 is 13.4. The lowest BCUT2D eigenvalue weighted by Crippen LogP contribution is -2.81. The normalized spacial score (nSPS) is 25.2. The van der Waals surface area contributed by atoms with Gasteiger partial charge in [0.2, 0.25) is 5.91 Å². The molecule has 0 radical (unpaired) electrons. The van der Waals surface area contributed by atoms with E-state index in [1.165, 1.54) is 12.1 Å². The summed E-state index contributed by atoms with van der Waals surface area (Å²) >= 11 is 0. The van der Waals surface area contributed by atoms with E-state index in [1.807, 2.05) is 21.9 Å². The van der Waals surface area contributed by atoms with E-state index in [0.717, 1.165) is 31.2 Å². The highest BCUT2D eigenvalue weighted by Gasteiger charge is 2.60. The summed E-state index contributed by atoms with van der Waals surface area (Å²) in [6, 6.07) is 9.93. The summed E-state index contributed by atoms with van der Waals surface area (Å²) in [5.74, 6) is 1.02. The second-order valence-corrected chi connectivity index (χ2v) is 9.42. The van der Waals surface area contributed by atoms with Crippen LogP contribution in [0.3, 0.4) is 0 Å². The number of hydrogen-bond donors (Lipinski definition) is 0. The standard InChI is InChI=1S/C24H28FN5O2/c1-17-4-10-20(11-5-17)29-14-22(31)30(13-18-6-8-19(25)9-7-18)24(23(29)32)15-28(16-24)21-3-2-12-26-27-21/h2-3,6-9,12,17,20H,4-5,10-11,13-16H2,1H3/t17-,20-. The second kappa shape index (κ2) is 8.15. The fourth-order valence-corrected chi connectivity index (χ4v) is 5.30. The van der Waals surface area contributed by atoms with Gasteiger partial charge in [-0.3, -0.25) is 9.59 Å². The third-order valence-electron chi connectivity index (χ3n) is 7.25. The molecule has 1 aromatic heterocycles. The second-order valence-electron chi connectivity index (χ2n) is 9.42. The summed E-state index contributed by atoms with van der Waals surface area (Å²) in [7, 11) is 0. The lowest BCUT2D eigenvalue weighted by atomic mass is 9.80. The molecule has 1 aliphatic carbocycles. The number of anilines is 1. The first kappa shape index (κ1) is 20.8. The molecule has 3 aliphatic rings. The van der Waals surface area contributed by atoms with Crippen LogP contribution in [0.15, 0.2) is 42.6 Å². The van der Waals surface area contributed by atoms with Gasteiger partial charge >= 0.3 is 0 Å². The van der Waals surface area contributed by atoms with Gasteiger partial charge in [0.1, 0.15) is 12.4 Å². The van der Waals surface area contributed by atoms with Crippen LogP contribution in [0.1, 0.15) is 38.2 Å². The van der Waals surface area contributed by atoms with E-state index in [4.69, 9.17) is 0 Å². The van der Waals surface area contributed by atoms with Crippen LogP contribution in [-0.2, 0) is 16.1 Å². The maximum absolute atomic E-state index is 13.9. The minimum absolute atomic E-state index is 0.0268. The first-order valence-corrected chi connectivity index (χ1v) is 11.3. The van der Waals surface area contributed by atoms with Crippen molar-refractivity contribution in [2.75, 3.05) is 24.5 Å². The molecule has 8 heteroatoms. The summed E-state index contributed by atoms with van der Waals surface area (Å²) in [6.45, 7) is 3.42. The lowest BCUT2D eigenvalue weighted by Gasteiger charge is -2.59. The Balaban J connectivity index is 1.43. The van der Waals surface area contributed by atoms with Gasteiger partial charge in [-0.2, -0.15) is 5.10 Å². The number of carbonyl (C=O) groups excluding carboxylic acids is 2. The molecule has 168 valence electrons. The minimum Gasteiger partial charge on any atom is -0.349 e. The van der Waals surface area contributed by atoms with Crippen LogP contribution in [0, 0.1) is 11.7 Å². The number of amides is 2. The van der Waals surface area contributed by atoms with Gasteiger partial charge in [-0.15, -0.1) is 5.10 Å². The molecule has 2 saturated heterocycles. The summed E-state index contributed by atoms with van der Waals surface area (Å²) in [6.07, 6.45) is 5.67. The molecule has 0 atom stereocenters. The van der Waals surface area contributed by atoms with Gasteiger partial charge in [-0.1, -0.05) is 19.1 Å². The molecule has 1 aromatic carbocycles. The molecule has 2 aromatic rings.